The Morgan fingerprint density at radius 2 is 2.19 bits per heavy atom. The molecule has 1 aromatic heterocycles. The number of benzene rings is 1. The van der Waals surface area contributed by atoms with Crippen LogP contribution in [0.3, 0.4) is 0 Å². The highest BCUT2D eigenvalue weighted by Gasteiger charge is 2.33. The summed E-state index contributed by atoms with van der Waals surface area (Å²) in [5, 5.41) is 2.48. The summed E-state index contributed by atoms with van der Waals surface area (Å²) in [7, 11) is 1.65. The minimum absolute atomic E-state index is 0.257. The summed E-state index contributed by atoms with van der Waals surface area (Å²) >= 11 is 1.39. The first-order valence-electron chi connectivity index (χ1n) is 6.55. The van der Waals surface area contributed by atoms with E-state index in [1.807, 2.05) is 24.4 Å². The maximum atomic E-state index is 12.5. The fourth-order valence-corrected chi connectivity index (χ4v) is 3.05. The smallest absolute Gasteiger partial charge is 0.339 e. The zero-order valence-corrected chi connectivity index (χ0v) is 12.5. The van der Waals surface area contributed by atoms with Crippen LogP contribution in [0.2, 0.25) is 0 Å². The maximum Gasteiger partial charge on any atom is 0.339 e. The Morgan fingerprint density at radius 3 is 2.90 bits per heavy atom. The fraction of sp³-hybridized carbons (Fsp3) is 0.267. The normalized spacial score (nSPS) is 17.0. The number of rotatable bonds is 2. The Balaban J connectivity index is 1.82. The first kappa shape index (κ1) is 13.8. The molecular formula is C15H14N2O3S. The molecule has 0 fully saturated rings. The number of esters is 1. The van der Waals surface area contributed by atoms with Crippen molar-refractivity contribution in [2.24, 2.45) is 0 Å². The van der Waals surface area contributed by atoms with Crippen molar-refractivity contribution in [3.8, 4) is 0 Å². The fourth-order valence-electron chi connectivity index (χ4n) is 2.28. The molecule has 0 saturated heterocycles. The van der Waals surface area contributed by atoms with E-state index in [-0.39, 0.29) is 5.91 Å². The van der Waals surface area contributed by atoms with Crippen LogP contribution in [0.1, 0.15) is 21.6 Å². The van der Waals surface area contributed by atoms with Crippen molar-refractivity contribution in [2.75, 3.05) is 11.9 Å². The molecule has 1 atom stereocenters. The Labute approximate surface area is 126 Å². The molecule has 2 aromatic rings. The summed E-state index contributed by atoms with van der Waals surface area (Å²) in [6, 6.07) is 7.20. The molecule has 0 radical (unpaired) electrons. The summed E-state index contributed by atoms with van der Waals surface area (Å²) in [5.41, 5.74) is 2.24. The average molecular weight is 302 g/mol. The van der Waals surface area contributed by atoms with Crippen LogP contribution in [0.25, 0.3) is 0 Å². The molecule has 1 aromatic carbocycles. The number of fused-ring (bicyclic) bond motifs is 1. The Bertz CT molecular complexity index is 710. The summed E-state index contributed by atoms with van der Waals surface area (Å²) in [6.45, 7) is 1.87. The van der Waals surface area contributed by atoms with Gasteiger partial charge in [0.25, 0.3) is 5.91 Å². The summed E-state index contributed by atoms with van der Waals surface area (Å²) in [6.07, 6.45) is -0.392. The third-order valence-corrected chi connectivity index (χ3v) is 4.43. The van der Waals surface area contributed by atoms with Crippen LogP contribution >= 0.6 is 11.3 Å². The zero-order valence-electron chi connectivity index (χ0n) is 11.7. The van der Waals surface area contributed by atoms with Gasteiger partial charge in [-0.15, -0.1) is 11.3 Å². The van der Waals surface area contributed by atoms with Gasteiger partial charge in [-0.1, -0.05) is 18.2 Å². The molecule has 0 aliphatic carbocycles. The van der Waals surface area contributed by atoms with E-state index in [0.717, 1.165) is 11.3 Å². The molecule has 1 aliphatic heterocycles. The molecule has 1 amide bonds. The van der Waals surface area contributed by atoms with Gasteiger partial charge in [0.1, 0.15) is 0 Å². The first-order chi connectivity index (χ1) is 10.1. The molecule has 108 valence electrons. The molecule has 0 saturated carbocycles. The molecule has 0 N–H and O–H groups in total. The predicted molar refractivity (Wildman–Crippen MR) is 79.6 cm³/mol. The molecule has 0 spiro atoms. The highest BCUT2D eigenvalue weighted by Crippen LogP contribution is 2.24. The van der Waals surface area contributed by atoms with Crippen LogP contribution in [0.4, 0.5) is 5.13 Å². The third-order valence-electron chi connectivity index (χ3n) is 3.39. The monoisotopic (exact) mass is 302 g/mol. The quantitative estimate of drug-likeness (QED) is 0.798. The molecular weight excluding hydrogens is 288 g/mol. The molecule has 5 nitrogen and oxygen atoms in total. The van der Waals surface area contributed by atoms with Crippen molar-refractivity contribution in [3.63, 3.8) is 0 Å². The second-order valence-electron chi connectivity index (χ2n) is 4.92. The van der Waals surface area contributed by atoms with E-state index >= 15 is 0 Å². The lowest BCUT2D eigenvalue weighted by atomic mass is 9.98. The van der Waals surface area contributed by atoms with Crippen molar-refractivity contribution in [1.29, 1.82) is 0 Å². The van der Waals surface area contributed by atoms with Gasteiger partial charge in [-0.05, 0) is 18.6 Å². The largest absolute Gasteiger partial charge is 0.448 e. The number of carbonyl (C=O) groups is 2. The van der Waals surface area contributed by atoms with Gasteiger partial charge < -0.3 is 4.74 Å². The molecule has 1 aliphatic rings. The van der Waals surface area contributed by atoms with Gasteiger partial charge >= 0.3 is 5.97 Å². The van der Waals surface area contributed by atoms with E-state index in [2.05, 4.69) is 4.98 Å². The number of likely N-dealkylation sites (N-methyl/N-ethyl adjacent to an activating group) is 1. The van der Waals surface area contributed by atoms with Gasteiger partial charge in [0, 0.05) is 18.8 Å². The number of hydrogen-bond acceptors (Lipinski definition) is 5. The number of ether oxygens (including phenoxy) is 1. The summed E-state index contributed by atoms with van der Waals surface area (Å²) in [5.74, 6) is -0.703. The highest BCUT2D eigenvalue weighted by atomic mass is 32.1. The number of amides is 1. The number of cyclic esters (lactones) is 1. The van der Waals surface area contributed by atoms with Crippen LogP contribution < -0.4 is 4.90 Å². The van der Waals surface area contributed by atoms with Crippen molar-refractivity contribution in [3.05, 3.63) is 46.5 Å². The minimum atomic E-state index is -0.790. The highest BCUT2D eigenvalue weighted by molar-refractivity contribution is 7.14. The number of aryl methyl sites for hydroxylation is 1. The average Bonchev–Trinajstić information content (AvgIpc) is 2.92. The lowest BCUT2D eigenvalue weighted by molar-refractivity contribution is -0.127. The van der Waals surface area contributed by atoms with Crippen LogP contribution in [-0.2, 0) is 16.0 Å². The van der Waals surface area contributed by atoms with E-state index in [9.17, 15) is 9.59 Å². The Morgan fingerprint density at radius 1 is 1.43 bits per heavy atom. The summed E-state index contributed by atoms with van der Waals surface area (Å²) in [4.78, 5) is 30.2. The Hall–Kier alpha value is -2.21. The van der Waals surface area contributed by atoms with Gasteiger partial charge in [0.05, 0.1) is 11.3 Å². The van der Waals surface area contributed by atoms with Gasteiger partial charge in [-0.3, -0.25) is 9.69 Å². The van der Waals surface area contributed by atoms with Crippen molar-refractivity contribution in [2.45, 2.75) is 19.4 Å². The third kappa shape index (κ3) is 2.54. The number of hydrogen-bond donors (Lipinski definition) is 0. The van der Waals surface area contributed by atoms with Gasteiger partial charge in [-0.2, -0.15) is 0 Å². The molecule has 0 bridgehead atoms. The standard InChI is InChI=1S/C15H14N2O3S/c1-9-8-21-15(16-9)17(2)13(18)12-7-10-5-3-4-6-11(10)14(19)20-12/h3-6,8,12H,7H2,1-2H3. The van der Waals surface area contributed by atoms with Crippen molar-refractivity contribution in [1.82, 2.24) is 4.98 Å². The van der Waals surface area contributed by atoms with Gasteiger partial charge in [0.15, 0.2) is 11.2 Å². The number of nitrogens with zero attached hydrogens (tertiary/aromatic N) is 2. The number of aromatic nitrogens is 1. The topological polar surface area (TPSA) is 59.5 Å². The van der Waals surface area contributed by atoms with Crippen LogP contribution in [0.5, 0.6) is 0 Å². The van der Waals surface area contributed by atoms with Gasteiger partial charge in [0.2, 0.25) is 0 Å². The molecule has 6 heteroatoms. The van der Waals surface area contributed by atoms with E-state index in [4.69, 9.17) is 4.74 Å². The lowest BCUT2D eigenvalue weighted by Gasteiger charge is -2.26. The molecule has 21 heavy (non-hydrogen) atoms. The molecule has 1 unspecified atom stereocenters. The Kier molecular flexibility index (Phi) is 3.47. The van der Waals surface area contributed by atoms with Crippen LogP contribution in [0.15, 0.2) is 29.6 Å². The van der Waals surface area contributed by atoms with Gasteiger partial charge in [-0.25, -0.2) is 9.78 Å². The first-order valence-corrected chi connectivity index (χ1v) is 7.43. The van der Waals surface area contributed by atoms with Crippen molar-refractivity contribution < 1.29 is 14.3 Å². The van der Waals surface area contributed by atoms with E-state index in [1.54, 1.807) is 19.2 Å². The second kappa shape index (κ2) is 5.29. The number of carbonyl (C=O) groups excluding carboxylic acids is 2. The van der Waals surface area contributed by atoms with E-state index in [1.165, 1.54) is 16.2 Å². The van der Waals surface area contributed by atoms with E-state index < -0.39 is 12.1 Å². The molecule has 2 heterocycles. The lowest BCUT2D eigenvalue weighted by Crippen LogP contribution is -2.42. The van der Waals surface area contributed by atoms with Crippen molar-refractivity contribution >= 4 is 28.3 Å². The minimum Gasteiger partial charge on any atom is -0.448 e. The second-order valence-corrected chi connectivity index (χ2v) is 5.76. The van der Waals surface area contributed by atoms with Crippen LogP contribution in [0, 0.1) is 6.92 Å². The maximum absolute atomic E-state index is 12.5. The van der Waals surface area contributed by atoms with E-state index in [0.29, 0.717) is 17.1 Å². The zero-order chi connectivity index (χ0) is 15.0. The predicted octanol–water partition coefficient (Wildman–Crippen LogP) is 2.20. The molecule has 3 rings (SSSR count). The van der Waals surface area contributed by atoms with Crippen LogP contribution in [-0.4, -0.2) is 30.0 Å². The summed E-state index contributed by atoms with van der Waals surface area (Å²) < 4.78 is 5.27. The number of thiazole rings is 1. The SMILES string of the molecule is Cc1csc(N(C)C(=O)C2Cc3ccccc3C(=O)O2)n1. The number of anilines is 1.